The second-order valence-electron chi connectivity index (χ2n) is 4.95. The molecule has 0 aromatic carbocycles. The van der Waals surface area contributed by atoms with Gasteiger partial charge in [-0.15, -0.1) is 0 Å². The molecule has 6 heteroatoms. The van der Waals surface area contributed by atoms with Crippen molar-refractivity contribution in [1.29, 1.82) is 0 Å². The summed E-state index contributed by atoms with van der Waals surface area (Å²) in [5.74, 6) is -1.54. The van der Waals surface area contributed by atoms with Crippen LogP contribution in [-0.2, 0) is 18.3 Å². The molecule has 2 unspecified atom stereocenters. The molecule has 104 valence electrons. The van der Waals surface area contributed by atoms with Crippen molar-refractivity contribution in [2.45, 2.75) is 38.6 Å². The molecule has 0 bridgehead atoms. The third-order valence-corrected chi connectivity index (χ3v) is 3.67. The van der Waals surface area contributed by atoms with Gasteiger partial charge in [-0.05, 0) is 25.3 Å². The Morgan fingerprint density at radius 1 is 1.53 bits per heavy atom. The molecule has 0 saturated heterocycles. The van der Waals surface area contributed by atoms with Crippen molar-refractivity contribution in [1.82, 2.24) is 15.1 Å². The molecule has 0 aliphatic heterocycles. The number of carboxylic acid groups (broad SMARTS) is 1. The minimum absolute atomic E-state index is 0.243. The number of hydrogen-bond acceptors (Lipinski definition) is 3. The number of aliphatic carboxylic acids is 1. The third kappa shape index (κ3) is 2.77. The molecule has 1 heterocycles. The molecule has 1 aliphatic rings. The number of rotatable bonds is 4. The Kier molecular flexibility index (Phi) is 3.87. The van der Waals surface area contributed by atoms with E-state index in [0.717, 1.165) is 25.0 Å². The van der Waals surface area contributed by atoms with Crippen LogP contribution in [0.15, 0.2) is 6.07 Å². The van der Waals surface area contributed by atoms with Crippen molar-refractivity contribution >= 4 is 11.9 Å². The van der Waals surface area contributed by atoms with E-state index in [1.54, 1.807) is 17.8 Å². The van der Waals surface area contributed by atoms with Gasteiger partial charge < -0.3 is 10.4 Å². The Bertz CT molecular complexity index is 495. The van der Waals surface area contributed by atoms with Crippen molar-refractivity contribution in [2.75, 3.05) is 0 Å². The second-order valence-corrected chi connectivity index (χ2v) is 4.95. The quantitative estimate of drug-likeness (QED) is 0.849. The van der Waals surface area contributed by atoms with Gasteiger partial charge in [-0.25, -0.2) is 0 Å². The van der Waals surface area contributed by atoms with Crippen LogP contribution >= 0.6 is 0 Å². The summed E-state index contributed by atoms with van der Waals surface area (Å²) < 4.78 is 1.54. The highest BCUT2D eigenvalue weighted by Gasteiger charge is 2.34. The summed E-state index contributed by atoms with van der Waals surface area (Å²) >= 11 is 0. The second kappa shape index (κ2) is 5.42. The Hall–Kier alpha value is -1.85. The molecule has 1 aromatic heterocycles. The maximum Gasteiger partial charge on any atom is 0.308 e. The van der Waals surface area contributed by atoms with Crippen molar-refractivity contribution < 1.29 is 14.7 Å². The lowest BCUT2D eigenvalue weighted by molar-refractivity contribution is -0.142. The van der Waals surface area contributed by atoms with Crippen LogP contribution in [-0.4, -0.2) is 32.8 Å². The molecule has 1 aromatic rings. The van der Waals surface area contributed by atoms with E-state index in [2.05, 4.69) is 10.4 Å². The van der Waals surface area contributed by atoms with E-state index in [0.29, 0.717) is 12.1 Å². The van der Waals surface area contributed by atoms with Crippen LogP contribution in [0.25, 0.3) is 0 Å². The first-order valence-corrected chi connectivity index (χ1v) is 6.59. The summed E-state index contributed by atoms with van der Waals surface area (Å²) in [4.78, 5) is 23.2. The Labute approximate surface area is 111 Å². The Morgan fingerprint density at radius 2 is 2.26 bits per heavy atom. The van der Waals surface area contributed by atoms with E-state index in [9.17, 15) is 9.59 Å². The van der Waals surface area contributed by atoms with E-state index in [1.165, 1.54) is 0 Å². The summed E-state index contributed by atoms with van der Waals surface area (Å²) in [6.07, 6.45) is 2.96. The van der Waals surface area contributed by atoms with Gasteiger partial charge in [0.1, 0.15) is 5.69 Å². The Morgan fingerprint density at radius 3 is 2.84 bits per heavy atom. The molecule has 19 heavy (non-hydrogen) atoms. The normalized spacial score (nSPS) is 22.4. The van der Waals surface area contributed by atoms with Crippen LogP contribution in [0.2, 0.25) is 0 Å². The number of aryl methyl sites for hydroxylation is 2. The number of carboxylic acids is 1. The standard InChI is InChI=1S/C13H19N3O3/c1-3-8-7-11(16(2)15-8)12(17)14-10-6-4-5-9(10)13(18)19/h7,9-10H,3-6H2,1-2H3,(H,14,17)(H,18,19). The van der Waals surface area contributed by atoms with Crippen molar-refractivity contribution in [2.24, 2.45) is 13.0 Å². The summed E-state index contributed by atoms with van der Waals surface area (Å²) in [7, 11) is 1.72. The molecular weight excluding hydrogens is 246 g/mol. The Balaban J connectivity index is 2.08. The molecule has 2 rings (SSSR count). The number of nitrogens with zero attached hydrogens (tertiary/aromatic N) is 2. The molecule has 2 N–H and O–H groups in total. The largest absolute Gasteiger partial charge is 0.481 e. The van der Waals surface area contributed by atoms with Crippen molar-refractivity contribution in [3.8, 4) is 0 Å². The van der Waals surface area contributed by atoms with Crippen LogP contribution in [0.1, 0.15) is 42.4 Å². The predicted octanol–water partition coefficient (Wildman–Crippen LogP) is 0.966. The van der Waals surface area contributed by atoms with E-state index in [4.69, 9.17) is 5.11 Å². The highest BCUT2D eigenvalue weighted by molar-refractivity contribution is 5.93. The number of nitrogens with one attached hydrogen (secondary N) is 1. The minimum Gasteiger partial charge on any atom is -0.481 e. The number of carbonyl (C=O) groups excluding carboxylic acids is 1. The molecule has 1 amide bonds. The van der Waals surface area contributed by atoms with Crippen LogP contribution in [0.3, 0.4) is 0 Å². The first-order valence-electron chi connectivity index (χ1n) is 6.59. The highest BCUT2D eigenvalue weighted by Crippen LogP contribution is 2.26. The zero-order valence-corrected chi connectivity index (χ0v) is 11.2. The summed E-state index contributed by atoms with van der Waals surface area (Å²) in [6, 6.07) is 1.48. The zero-order chi connectivity index (χ0) is 14.0. The molecule has 6 nitrogen and oxygen atoms in total. The monoisotopic (exact) mass is 265 g/mol. The topological polar surface area (TPSA) is 84.2 Å². The van der Waals surface area contributed by atoms with Gasteiger partial charge in [0.05, 0.1) is 11.6 Å². The van der Waals surface area contributed by atoms with Crippen LogP contribution in [0.5, 0.6) is 0 Å². The van der Waals surface area contributed by atoms with Gasteiger partial charge in [-0.3, -0.25) is 14.3 Å². The number of aromatic nitrogens is 2. The summed E-state index contributed by atoms with van der Waals surface area (Å²) in [5, 5.41) is 16.1. The average molecular weight is 265 g/mol. The number of amides is 1. The van der Waals surface area contributed by atoms with E-state index in [-0.39, 0.29) is 11.9 Å². The number of carbonyl (C=O) groups is 2. The first-order chi connectivity index (χ1) is 9.02. The number of hydrogen-bond donors (Lipinski definition) is 2. The van der Waals surface area contributed by atoms with Crippen LogP contribution in [0.4, 0.5) is 0 Å². The van der Waals surface area contributed by atoms with Gasteiger partial charge >= 0.3 is 5.97 Å². The minimum atomic E-state index is -0.831. The fraction of sp³-hybridized carbons (Fsp3) is 0.615. The molecule has 1 saturated carbocycles. The van der Waals surface area contributed by atoms with Crippen molar-refractivity contribution in [3.63, 3.8) is 0 Å². The van der Waals surface area contributed by atoms with Gasteiger partial charge in [0.25, 0.3) is 5.91 Å². The van der Waals surface area contributed by atoms with Crippen LogP contribution < -0.4 is 5.32 Å². The van der Waals surface area contributed by atoms with Gasteiger partial charge in [0, 0.05) is 13.1 Å². The molecule has 2 atom stereocenters. The molecule has 0 spiro atoms. The molecular formula is C13H19N3O3. The smallest absolute Gasteiger partial charge is 0.308 e. The summed E-state index contributed by atoms with van der Waals surface area (Å²) in [6.45, 7) is 1.97. The predicted molar refractivity (Wildman–Crippen MR) is 68.8 cm³/mol. The van der Waals surface area contributed by atoms with Gasteiger partial charge in [-0.2, -0.15) is 5.10 Å². The fourth-order valence-electron chi connectivity index (χ4n) is 2.58. The lowest BCUT2D eigenvalue weighted by atomic mass is 10.0. The van der Waals surface area contributed by atoms with E-state index < -0.39 is 11.9 Å². The maximum absolute atomic E-state index is 12.2. The molecule has 1 aliphatic carbocycles. The average Bonchev–Trinajstić information content (AvgIpc) is 2.95. The zero-order valence-electron chi connectivity index (χ0n) is 11.2. The van der Waals surface area contributed by atoms with Gasteiger partial charge in [-0.1, -0.05) is 13.3 Å². The third-order valence-electron chi connectivity index (χ3n) is 3.67. The lowest BCUT2D eigenvalue weighted by Crippen LogP contribution is -2.40. The molecule has 1 fully saturated rings. The molecule has 0 radical (unpaired) electrons. The SMILES string of the molecule is CCc1cc(C(=O)NC2CCCC2C(=O)O)n(C)n1. The van der Waals surface area contributed by atoms with Crippen molar-refractivity contribution in [3.05, 3.63) is 17.5 Å². The van der Waals surface area contributed by atoms with E-state index >= 15 is 0 Å². The van der Waals surface area contributed by atoms with E-state index in [1.807, 2.05) is 6.92 Å². The van der Waals surface area contributed by atoms with Gasteiger partial charge in [0.15, 0.2) is 0 Å². The fourth-order valence-corrected chi connectivity index (χ4v) is 2.58. The lowest BCUT2D eigenvalue weighted by Gasteiger charge is -2.17. The van der Waals surface area contributed by atoms with Gasteiger partial charge in [0.2, 0.25) is 0 Å². The first kappa shape index (κ1) is 13.6. The maximum atomic E-state index is 12.2. The van der Waals surface area contributed by atoms with Crippen LogP contribution in [0, 0.1) is 5.92 Å². The summed E-state index contributed by atoms with van der Waals surface area (Å²) in [5.41, 5.74) is 1.33. The highest BCUT2D eigenvalue weighted by atomic mass is 16.4.